The molecule has 0 fully saturated rings. The fourth-order valence-electron chi connectivity index (χ4n) is 2.51. The van der Waals surface area contributed by atoms with E-state index in [0.29, 0.717) is 0 Å². The van der Waals surface area contributed by atoms with Crippen molar-refractivity contribution in [2.24, 2.45) is 0 Å². The van der Waals surface area contributed by atoms with Crippen LogP contribution in [0.3, 0.4) is 0 Å². The Bertz CT molecular complexity index is 821. The number of hydrogen-bond donors (Lipinski definition) is 0. The van der Waals surface area contributed by atoms with Crippen LogP contribution < -0.4 is 0 Å². The summed E-state index contributed by atoms with van der Waals surface area (Å²) in [7, 11) is 0. The second kappa shape index (κ2) is 15.6. The maximum Gasteiger partial charge on any atom is 4.00 e. The van der Waals surface area contributed by atoms with Crippen LogP contribution in [-0.4, -0.2) is 0 Å². The van der Waals surface area contributed by atoms with E-state index in [-0.39, 0.29) is 21.7 Å². The molecule has 0 heterocycles. The molecule has 0 saturated carbocycles. The Kier molecular flexibility index (Phi) is 14.5. The number of aryl methyl sites for hydroxylation is 2. The van der Waals surface area contributed by atoms with Gasteiger partial charge in [-0.05, 0) is 0 Å². The number of allylic oxidation sites excluding steroid dienone is 2. The van der Waals surface area contributed by atoms with Gasteiger partial charge in [0.2, 0.25) is 0 Å². The molecule has 0 N–H and O–H groups in total. The largest absolute Gasteiger partial charge is 4.00 e. The molecule has 1 aliphatic rings. The molecule has 0 aliphatic heterocycles. The summed E-state index contributed by atoms with van der Waals surface area (Å²) in [5, 5.41) is 0. The van der Waals surface area contributed by atoms with Gasteiger partial charge in [0.1, 0.15) is 0 Å². The average molecular weight is 462 g/mol. The van der Waals surface area contributed by atoms with Gasteiger partial charge in [-0.25, -0.2) is 46.8 Å². The van der Waals surface area contributed by atoms with Crippen molar-refractivity contribution < 1.29 is 39.3 Å². The van der Waals surface area contributed by atoms with Crippen LogP contribution in [-0.2, 0) is 21.7 Å². The molecule has 5 heteroatoms. The van der Waals surface area contributed by atoms with E-state index >= 15 is 0 Å². The number of rotatable bonds is 0. The summed E-state index contributed by atoms with van der Waals surface area (Å²) in [6.45, 7) is 8.59. The summed E-state index contributed by atoms with van der Waals surface area (Å²) in [5.74, 6) is -1.11. The first-order chi connectivity index (χ1) is 14.2. The SMILES string of the molecule is CC1=C[C-](C)CC1.Cc1cc[c-](C)c1.Fc1[c-]c(F)ccc1.Fc1[c-]c(F)ccc1.[Ti+4]. The van der Waals surface area contributed by atoms with Crippen molar-refractivity contribution in [3.8, 4) is 0 Å². The van der Waals surface area contributed by atoms with Crippen molar-refractivity contribution in [3.05, 3.63) is 119 Å². The van der Waals surface area contributed by atoms with Gasteiger partial charge in [-0.15, -0.1) is 63.1 Å². The van der Waals surface area contributed by atoms with Crippen molar-refractivity contribution in [1.29, 1.82) is 0 Å². The van der Waals surface area contributed by atoms with Crippen LogP contribution in [0.4, 0.5) is 17.6 Å². The topological polar surface area (TPSA) is 0 Å². The normalized spacial score (nSPS) is 11.5. The van der Waals surface area contributed by atoms with E-state index in [0.717, 1.165) is 24.3 Å². The van der Waals surface area contributed by atoms with Crippen LogP contribution >= 0.6 is 0 Å². The maximum absolute atomic E-state index is 11.9. The first-order valence-electron chi connectivity index (χ1n) is 9.52. The van der Waals surface area contributed by atoms with E-state index in [2.05, 4.69) is 52.0 Å². The fourth-order valence-corrected chi connectivity index (χ4v) is 2.51. The van der Waals surface area contributed by atoms with Crippen LogP contribution in [0, 0.1) is 55.2 Å². The maximum atomic E-state index is 11.9. The molecule has 0 spiro atoms. The molecular formula is C26H26F4Ti. The Labute approximate surface area is 198 Å². The molecular weight excluding hydrogens is 436 g/mol. The van der Waals surface area contributed by atoms with Gasteiger partial charge in [0.25, 0.3) is 0 Å². The standard InChI is InChI=1S/C7H11.C7H9.2C6H3F2.Ti/c2*1-6-3-4-7(2)5-6;2*7-5-2-1-3-6(8)4-5;/h5H,3-4H2,1-2H3;3-5H,1-2H3;2*1-3H;/q4*-1;+4. The third-order valence-electron chi connectivity index (χ3n) is 3.92. The van der Waals surface area contributed by atoms with Crippen LogP contribution in [0.5, 0.6) is 0 Å². The van der Waals surface area contributed by atoms with Crippen molar-refractivity contribution in [2.75, 3.05) is 0 Å². The fraction of sp³-hybridized carbons (Fsp3) is 0.231. The number of halogens is 4. The second-order valence-corrected chi connectivity index (χ2v) is 7.00. The molecule has 3 aromatic carbocycles. The van der Waals surface area contributed by atoms with Crippen molar-refractivity contribution in [1.82, 2.24) is 0 Å². The average Bonchev–Trinajstić information content (AvgIpc) is 3.22. The minimum absolute atomic E-state index is 0. The van der Waals surface area contributed by atoms with E-state index < -0.39 is 23.3 Å². The van der Waals surface area contributed by atoms with Gasteiger partial charge in [0.05, 0.1) is 0 Å². The Hall–Kier alpha value is -2.17. The van der Waals surface area contributed by atoms with Gasteiger partial charge in [-0.1, -0.05) is 13.8 Å². The summed E-state index contributed by atoms with van der Waals surface area (Å²) in [6, 6.07) is 17.2. The van der Waals surface area contributed by atoms with Gasteiger partial charge in [0, 0.05) is 23.3 Å². The second-order valence-electron chi connectivity index (χ2n) is 7.00. The third kappa shape index (κ3) is 14.5. The molecule has 0 bridgehead atoms. The summed E-state index contributed by atoms with van der Waals surface area (Å²) >= 11 is 0. The van der Waals surface area contributed by atoms with Crippen LogP contribution in [0.1, 0.15) is 37.8 Å². The van der Waals surface area contributed by atoms with Gasteiger partial charge in [-0.3, -0.25) is 0 Å². The van der Waals surface area contributed by atoms with Crippen molar-refractivity contribution in [2.45, 2.75) is 40.5 Å². The Morgan fingerprint density at radius 2 is 1.23 bits per heavy atom. The summed E-state index contributed by atoms with van der Waals surface area (Å²) in [5.41, 5.74) is 4.26. The van der Waals surface area contributed by atoms with E-state index in [1.165, 1.54) is 47.6 Å². The molecule has 0 nitrogen and oxygen atoms in total. The zero-order valence-corrected chi connectivity index (χ0v) is 19.8. The molecule has 0 saturated heterocycles. The molecule has 162 valence electrons. The van der Waals surface area contributed by atoms with Gasteiger partial charge in [-0.2, -0.15) is 29.8 Å². The van der Waals surface area contributed by atoms with E-state index in [1.807, 2.05) is 12.1 Å². The molecule has 0 radical (unpaired) electrons. The summed E-state index contributed by atoms with van der Waals surface area (Å²) in [4.78, 5) is 0. The predicted octanol–water partition coefficient (Wildman–Crippen LogP) is 7.87. The minimum atomic E-state index is -0.662. The molecule has 31 heavy (non-hydrogen) atoms. The Morgan fingerprint density at radius 1 is 0.774 bits per heavy atom. The van der Waals surface area contributed by atoms with E-state index in [9.17, 15) is 17.6 Å². The smallest absolute Gasteiger partial charge is 0.236 e. The first kappa shape index (κ1) is 28.8. The minimum Gasteiger partial charge on any atom is -0.236 e. The zero-order chi connectivity index (χ0) is 22.5. The van der Waals surface area contributed by atoms with Gasteiger partial charge >= 0.3 is 21.7 Å². The van der Waals surface area contributed by atoms with Crippen molar-refractivity contribution in [3.63, 3.8) is 0 Å². The first-order valence-corrected chi connectivity index (χ1v) is 9.52. The van der Waals surface area contributed by atoms with Crippen LogP contribution in [0.2, 0.25) is 0 Å². The molecule has 1 aliphatic carbocycles. The van der Waals surface area contributed by atoms with Crippen molar-refractivity contribution >= 4 is 0 Å². The van der Waals surface area contributed by atoms with Crippen LogP contribution in [0.15, 0.2) is 66.2 Å². The van der Waals surface area contributed by atoms with E-state index in [4.69, 9.17) is 0 Å². The summed E-state index contributed by atoms with van der Waals surface area (Å²) in [6.07, 6.45) is 4.87. The zero-order valence-electron chi connectivity index (χ0n) is 18.2. The molecule has 0 unspecified atom stereocenters. The number of hydrogen-bond acceptors (Lipinski definition) is 0. The van der Waals surface area contributed by atoms with Gasteiger partial charge in [0.15, 0.2) is 0 Å². The van der Waals surface area contributed by atoms with Gasteiger partial charge < -0.3 is 0 Å². The summed E-state index contributed by atoms with van der Waals surface area (Å²) < 4.78 is 47.5. The predicted molar refractivity (Wildman–Crippen MR) is 114 cm³/mol. The molecule has 0 atom stereocenters. The number of benzene rings is 2. The molecule has 0 amide bonds. The molecule has 0 aromatic heterocycles. The Balaban J connectivity index is 0.000000384. The molecule has 4 rings (SSSR count). The van der Waals surface area contributed by atoms with E-state index in [1.54, 1.807) is 0 Å². The van der Waals surface area contributed by atoms with Crippen LogP contribution in [0.25, 0.3) is 0 Å². The monoisotopic (exact) mass is 462 g/mol. The third-order valence-corrected chi connectivity index (χ3v) is 3.92. The quantitative estimate of drug-likeness (QED) is 0.181. The Morgan fingerprint density at radius 3 is 1.35 bits per heavy atom. The molecule has 3 aromatic rings.